The number of nitrogens with zero attached hydrogens (tertiary/aromatic N) is 5. The first-order valence-electron chi connectivity index (χ1n) is 10.6. The minimum atomic E-state index is -0.504. The van der Waals surface area contributed by atoms with Gasteiger partial charge in [0.1, 0.15) is 5.82 Å². The normalized spacial score (nSPS) is 18.8. The quantitative estimate of drug-likeness (QED) is 0.544. The molecule has 0 spiro atoms. The molecule has 0 unspecified atom stereocenters. The average molecular weight is 415 g/mol. The zero-order valence-corrected chi connectivity index (χ0v) is 18.3. The second kappa shape index (κ2) is 7.04. The molecule has 4 aromatic rings. The molecule has 1 aliphatic rings. The number of hydrogen-bond donors (Lipinski definition) is 1. The number of aromatic amines is 1. The highest BCUT2D eigenvalue weighted by Crippen LogP contribution is 2.39. The smallest absolute Gasteiger partial charge is 0.256 e. The maximum Gasteiger partial charge on any atom is 0.256 e. The summed E-state index contributed by atoms with van der Waals surface area (Å²) in [5.74, 6) is 0.817. The van der Waals surface area contributed by atoms with Crippen molar-refractivity contribution in [3.63, 3.8) is 0 Å². The first-order valence-corrected chi connectivity index (χ1v) is 10.6. The molecular weight excluding hydrogens is 388 g/mol. The van der Waals surface area contributed by atoms with E-state index in [1.54, 1.807) is 12.4 Å². The summed E-state index contributed by atoms with van der Waals surface area (Å²) in [6.45, 7) is 8.91. The largest absolute Gasteiger partial charge is 0.340 e. The molecule has 5 rings (SSSR count). The highest BCUT2D eigenvalue weighted by atomic mass is 16.2. The van der Waals surface area contributed by atoms with Crippen LogP contribution in [0.4, 0.5) is 0 Å². The summed E-state index contributed by atoms with van der Waals surface area (Å²) >= 11 is 0. The fourth-order valence-electron chi connectivity index (χ4n) is 4.59. The highest BCUT2D eigenvalue weighted by Gasteiger charge is 2.44. The lowest BCUT2D eigenvalue weighted by Crippen LogP contribution is -2.44. The van der Waals surface area contributed by atoms with Crippen LogP contribution in [-0.4, -0.2) is 42.3 Å². The molecule has 1 saturated heterocycles. The van der Waals surface area contributed by atoms with E-state index in [9.17, 15) is 4.79 Å². The molecule has 1 fully saturated rings. The standard InChI is InChI=1S/C24H26N6O/c1-15-7-5-8-19-21(15)28-23(27-19)24(4)9-6-12-29(24)22(31)18-13-16(2)17(3)14-20(18)30-25-10-11-26-30/h5,7-8,10-11,13-14H,6,9,12H2,1-4H3,(H,27,28)/t24-/m0/s1. The number of hydrogen-bond acceptors (Lipinski definition) is 4. The van der Waals surface area contributed by atoms with Crippen LogP contribution in [0.3, 0.4) is 0 Å². The van der Waals surface area contributed by atoms with Gasteiger partial charge in [-0.2, -0.15) is 15.0 Å². The number of carbonyl (C=O) groups is 1. The molecule has 0 saturated carbocycles. The monoisotopic (exact) mass is 414 g/mol. The van der Waals surface area contributed by atoms with Crippen molar-refractivity contribution in [2.45, 2.75) is 46.1 Å². The lowest BCUT2D eigenvalue weighted by Gasteiger charge is -2.34. The van der Waals surface area contributed by atoms with Crippen LogP contribution in [0, 0.1) is 20.8 Å². The van der Waals surface area contributed by atoms with Crippen molar-refractivity contribution in [3.05, 3.63) is 70.8 Å². The Morgan fingerprint density at radius 3 is 2.55 bits per heavy atom. The number of para-hydroxylation sites is 1. The SMILES string of the molecule is Cc1cc(C(=O)N2CCC[C@@]2(C)c2nc3c(C)cccc3[nH]2)c(-n2nccn2)cc1C. The predicted molar refractivity (Wildman–Crippen MR) is 119 cm³/mol. The summed E-state index contributed by atoms with van der Waals surface area (Å²) in [5, 5.41) is 8.55. The lowest BCUT2D eigenvalue weighted by atomic mass is 9.96. The van der Waals surface area contributed by atoms with Crippen LogP contribution >= 0.6 is 0 Å². The van der Waals surface area contributed by atoms with E-state index in [1.807, 2.05) is 43.0 Å². The number of likely N-dealkylation sites (tertiary alicyclic amines) is 1. The zero-order valence-electron chi connectivity index (χ0n) is 18.3. The Morgan fingerprint density at radius 2 is 1.81 bits per heavy atom. The fourth-order valence-corrected chi connectivity index (χ4v) is 4.59. The van der Waals surface area contributed by atoms with Crippen molar-refractivity contribution in [1.82, 2.24) is 29.9 Å². The molecule has 158 valence electrons. The third kappa shape index (κ3) is 3.03. The van der Waals surface area contributed by atoms with E-state index < -0.39 is 5.54 Å². The summed E-state index contributed by atoms with van der Waals surface area (Å²) in [5.41, 5.74) is 6.07. The van der Waals surface area contributed by atoms with Crippen molar-refractivity contribution in [1.29, 1.82) is 0 Å². The molecule has 1 aliphatic heterocycles. The topological polar surface area (TPSA) is 79.7 Å². The van der Waals surface area contributed by atoms with Gasteiger partial charge in [0.15, 0.2) is 0 Å². The third-order valence-electron chi connectivity index (χ3n) is 6.59. The van der Waals surface area contributed by atoms with E-state index in [2.05, 4.69) is 35.1 Å². The lowest BCUT2D eigenvalue weighted by molar-refractivity contribution is 0.0605. The molecule has 7 heteroatoms. The van der Waals surface area contributed by atoms with Crippen LogP contribution in [0.15, 0.2) is 42.7 Å². The molecule has 0 aliphatic carbocycles. The molecule has 1 atom stereocenters. The van der Waals surface area contributed by atoms with Crippen LogP contribution < -0.4 is 0 Å². The van der Waals surface area contributed by atoms with Gasteiger partial charge in [-0.3, -0.25) is 4.79 Å². The predicted octanol–water partition coefficient (Wildman–Crippen LogP) is 4.22. The fraction of sp³-hybridized carbons (Fsp3) is 0.333. The van der Waals surface area contributed by atoms with E-state index in [0.717, 1.165) is 46.4 Å². The van der Waals surface area contributed by atoms with Gasteiger partial charge in [-0.1, -0.05) is 12.1 Å². The Balaban J connectivity index is 1.60. The second-order valence-electron chi connectivity index (χ2n) is 8.66. The highest BCUT2D eigenvalue weighted by molar-refractivity contribution is 5.99. The van der Waals surface area contributed by atoms with E-state index in [4.69, 9.17) is 4.98 Å². The zero-order chi connectivity index (χ0) is 21.8. The summed E-state index contributed by atoms with van der Waals surface area (Å²) in [6, 6.07) is 10.1. The molecule has 3 heterocycles. The number of imidazole rings is 1. The summed E-state index contributed by atoms with van der Waals surface area (Å²) < 4.78 is 0. The Hall–Kier alpha value is -3.48. The number of aromatic nitrogens is 5. The van der Waals surface area contributed by atoms with E-state index in [-0.39, 0.29) is 5.91 Å². The van der Waals surface area contributed by atoms with Crippen LogP contribution in [0.1, 0.15) is 52.6 Å². The molecular formula is C24H26N6O. The van der Waals surface area contributed by atoms with Gasteiger partial charge in [0, 0.05) is 6.54 Å². The first-order chi connectivity index (χ1) is 14.9. The van der Waals surface area contributed by atoms with Crippen LogP contribution in [0.25, 0.3) is 16.7 Å². The number of nitrogens with one attached hydrogen (secondary N) is 1. The minimum Gasteiger partial charge on any atom is -0.340 e. The van der Waals surface area contributed by atoms with E-state index in [0.29, 0.717) is 17.8 Å². The van der Waals surface area contributed by atoms with Gasteiger partial charge in [0.2, 0.25) is 0 Å². The van der Waals surface area contributed by atoms with Gasteiger partial charge in [-0.15, -0.1) is 0 Å². The summed E-state index contributed by atoms with van der Waals surface area (Å²) in [7, 11) is 0. The number of aryl methyl sites for hydroxylation is 3. The van der Waals surface area contributed by atoms with Gasteiger partial charge in [-0.05, 0) is 75.4 Å². The van der Waals surface area contributed by atoms with Crippen LogP contribution in [0.2, 0.25) is 0 Å². The maximum absolute atomic E-state index is 13.9. The Morgan fingerprint density at radius 1 is 1.06 bits per heavy atom. The van der Waals surface area contributed by atoms with Gasteiger partial charge < -0.3 is 9.88 Å². The summed E-state index contributed by atoms with van der Waals surface area (Å²) in [6.07, 6.45) is 5.04. The maximum atomic E-state index is 13.9. The molecule has 31 heavy (non-hydrogen) atoms. The number of fused-ring (bicyclic) bond motifs is 1. The molecule has 0 bridgehead atoms. The van der Waals surface area contributed by atoms with Crippen molar-refractivity contribution in [2.24, 2.45) is 0 Å². The second-order valence-corrected chi connectivity index (χ2v) is 8.66. The Bertz CT molecular complexity index is 1290. The van der Waals surface area contributed by atoms with Gasteiger partial charge in [0.05, 0.1) is 40.2 Å². The van der Waals surface area contributed by atoms with Crippen molar-refractivity contribution < 1.29 is 4.79 Å². The van der Waals surface area contributed by atoms with E-state index in [1.165, 1.54) is 4.80 Å². The minimum absolute atomic E-state index is 0.0208. The van der Waals surface area contributed by atoms with Crippen LogP contribution in [0.5, 0.6) is 0 Å². The van der Waals surface area contributed by atoms with Gasteiger partial charge in [-0.25, -0.2) is 4.98 Å². The molecule has 0 radical (unpaired) electrons. The van der Waals surface area contributed by atoms with Crippen molar-refractivity contribution >= 4 is 16.9 Å². The van der Waals surface area contributed by atoms with Gasteiger partial charge >= 0.3 is 0 Å². The first kappa shape index (κ1) is 19.5. The molecule has 1 amide bonds. The average Bonchev–Trinajstić information content (AvgIpc) is 3.49. The molecule has 2 aromatic heterocycles. The Kier molecular flexibility index (Phi) is 4.43. The summed E-state index contributed by atoms with van der Waals surface area (Å²) in [4.78, 5) is 25.8. The number of carbonyl (C=O) groups excluding carboxylic acids is 1. The third-order valence-corrected chi connectivity index (χ3v) is 6.59. The number of amides is 1. The molecule has 7 nitrogen and oxygen atoms in total. The number of benzene rings is 2. The van der Waals surface area contributed by atoms with Crippen molar-refractivity contribution in [3.8, 4) is 5.69 Å². The molecule has 2 aromatic carbocycles. The van der Waals surface area contributed by atoms with Gasteiger partial charge in [0.25, 0.3) is 5.91 Å². The number of H-pyrrole nitrogens is 1. The van der Waals surface area contributed by atoms with E-state index >= 15 is 0 Å². The van der Waals surface area contributed by atoms with Crippen molar-refractivity contribution in [2.75, 3.05) is 6.54 Å². The number of rotatable bonds is 3. The molecule has 1 N–H and O–H groups in total. The Labute approximate surface area is 181 Å². The van der Waals surface area contributed by atoms with Crippen LogP contribution in [-0.2, 0) is 5.54 Å².